The molecular weight excluding hydrogens is 533 g/mol. The molecule has 0 bridgehead atoms. The summed E-state index contributed by atoms with van der Waals surface area (Å²) in [5.74, 6) is 0.406. The lowest BCUT2D eigenvalue weighted by Crippen LogP contribution is -2.28. The predicted octanol–water partition coefficient (Wildman–Crippen LogP) is 4.65. The number of ether oxygens (including phenoxy) is 1. The number of amides is 1. The van der Waals surface area contributed by atoms with E-state index in [0.717, 1.165) is 31.6 Å². The average molecular weight is 551 g/mol. The van der Waals surface area contributed by atoms with Gasteiger partial charge in [-0.1, -0.05) is 53.4 Å². The smallest absolute Gasteiger partial charge is 0.274 e. The van der Waals surface area contributed by atoms with Crippen molar-refractivity contribution in [3.8, 4) is 5.75 Å². The van der Waals surface area contributed by atoms with E-state index >= 15 is 0 Å². The lowest BCUT2D eigenvalue weighted by atomic mass is 10.2. The molecule has 186 valence electrons. The Hall–Kier alpha value is -3.94. The Morgan fingerprint density at radius 1 is 1.05 bits per heavy atom. The number of methoxy groups -OCH3 is 1. The summed E-state index contributed by atoms with van der Waals surface area (Å²) in [5.41, 5.74) is 1.96. The van der Waals surface area contributed by atoms with Gasteiger partial charge in [0.2, 0.25) is 11.1 Å². The van der Waals surface area contributed by atoms with E-state index in [1.807, 2.05) is 42.5 Å². The van der Waals surface area contributed by atoms with Gasteiger partial charge in [0.05, 0.1) is 28.8 Å². The molecule has 13 heteroatoms. The molecule has 6 rings (SSSR count). The largest absolute Gasteiger partial charge is 0.497 e. The maximum absolute atomic E-state index is 13.6. The molecule has 0 saturated heterocycles. The van der Waals surface area contributed by atoms with E-state index < -0.39 is 10.0 Å². The first kappa shape index (κ1) is 23.5. The van der Waals surface area contributed by atoms with Crippen LogP contribution in [0.2, 0.25) is 0 Å². The second kappa shape index (κ2) is 9.18. The molecule has 3 aromatic carbocycles. The minimum atomic E-state index is -3.99. The summed E-state index contributed by atoms with van der Waals surface area (Å²) in [7, 11) is -2.40. The van der Waals surface area contributed by atoms with Crippen LogP contribution in [-0.4, -0.2) is 46.3 Å². The lowest BCUT2D eigenvalue weighted by molar-refractivity contribution is -0.113. The topological polar surface area (TPSA) is 119 Å². The van der Waals surface area contributed by atoms with Gasteiger partial charge in [-0.25, -0.2) is 13.4 Å². The molecule has 0 unspecified atom stereocenters. The van der Waals surface area contributed by atoms with E-state index in [1.54, 1.807) is 42.3 Å². The van der Waals surface area contributed by atoms with Crippen LogP contribution in [0, 0.1) is 0 Å². The van der Waals surface area contributed by atoms with Crippen molar-refractivity contribution in [1.82, 2.24) is 19.2 Å². The molecule has 1 aliphatic rings. The Balaban J connectivity index is 1.28. The number of nitrogens with one attached hydrogen (secondary N) is 1. The highest BCUT2D eigenvalue weighted by Gasteiger charge is 2.38. The quantitative estimate of drug-likeness (QED) is 0.296. The van der Waals surface area contributed by atoms with E-state index in [1.165, 1.54) is 11.3 Å². The lowest BCUT2D eigenvalue weighted by Gasteiger charge is -2.30. The predicted molar refractivity (Wildman–Crippen MR) is 143 cm³/mol. The second-order valence-electron chi connectivity index (χ2n) is 7.88. The molecule has 0 saturated carbocycles. The minimum Gasteiger partial charge on any atom is -0.497 e. The molecule has 1 N–H and O–H groups in total. The third-order valence-corrected chi connectivity index (χ3v) is 9.29. The Morgan fingerprint density at radius 2 is 1.84 bits per heavy atom. The van der Waals surface area contributed by atoms with E-state index in [9.17, 15) is 13.2 Å². The van der Waals surface area contributed by atoms with Gasteiger partial charge in [0.1, 0.15) is 10.6 Å². The molecule has 2 aromatic heterocycles. The third-order valence-electron chi connectivity index (χ3n) is 5.59. The van der Waals surface area contributed by atoms with Crippen molar-refractivity contribution in [3.63, 3.8) is 0 Å². The fraction of sp³-hybridized carbons (Fsp3) is 0.0833. The number of nitrogens with zero attached hydrogens (tertiary/aromatic N) is 5. The number of hydrogen-bond acceptors (Lipinski definition) is 10. The fourth-order valence-electron chi connectivity index (χ4n) is 3.96. The van der Waals surface area contributed by atoms with Crippen molar-refractivity contribution in [2.45, 2.75) is 10.1 Å². The highest BCUT2D eigenvalue weighted by atomic mass is 32.2. The molecule has 10 nitrogen and oxygen atoms in total. The maximum Gasteiger partial charge on any atom is 0.274 e. The van der Waals surface area contributed by atoms with Crippen LogP contribution in [-0.2, 0) is 14.8 Å². The summed E-state index contributed by atoms with van der Waals surface area (Å²) in [6.07, 6.45) is 0. The number of anilines is 4. The highest BCUT2D eigenvalue weighted by Crippen LogP contribution is 2.44. The van der Waals surface area contributed by atoms with Crippen LogP contribution in [0.25, 0.3) is 10.2 Å². The summed E-state index contributed by atoms with van der Waals surface area (Å²) >= 11 is 2.31. The molecule has 0 fully saturated rings. The zero-order valence-corrected chi connectivity index (χ0v) is 21.7. The molecule has 0 spiro atoms. The van der Waals surface area contributed by atoms with Gasteiger partial charge in [-0.2, -0.15) is 3.97 Å². The third kappa shape index (κ3) is 4.10. The number of carbonyl (C=O) groups excluding carboxylic acids is 1. The number of thioether (sulfide) groups is 1. The van der Waals surface area contributed by atoms with Gasteiger partial charge < -0.3 is 10.1 Å². The van der Waals surface area contributed by atoms with Crippen LogP contribution in [0.4, 0.5) is 22.5 Å². The van der Waals surface area contributed by atoms with Crippen molar-refractivity contribution in [3.05, 3.63) is 72.8 Å². The minimum absolute atomic E-state index is 0.0834. The number of aromatic nitrogens is 4. The number of benzene rings is 3. The van der Waals surface area contributed by atoms with Crippen molar-refractivity contribution in [1.29, 1.82) is 0 Å². The Morgan fingerprint density at radius 3 is 2.65 bits per heavy atom. The fourth-order valence-corrected chi connectivity index (χ4v) is 7.40. The van der Waals surface area contributed by atoms with Gasteiger partial charge >= 0.3 is 0 Å². The number of hydrogen-bond donors (Lipinski definition) is 1. The standard InChI is InChI=1S/C24H18N6O4S3/c1-34-16-11-12-17-19(13-16)36-22(25-17)26-21(31)14-35-24-28-27-23-29(15-7-3-2-4-8-15)18-9-5-6-10-20(18)37(32,33)30(23)24/h2-13H,14H2,1H3,(H,25,26,31). The second-order valence-corrected chi connectivity index (χ2v) is 11.6. The number of para-hydroxylation sites is 2. The summed E-state index contributed by atoms with van der Waals surface area (Å²) in [6.45, 7) is 0. The molecule has 37 heavy (non-hydrogen) atoms. The molecule has 0 aliphatic carbocycles. The van der Waals surface area contributed by atoms with Gasteiger partial charge in [0.15, 0.2) is 5.13 Å². The van der Waals surface area contributed by atoms with Gasteiger partial charge in [-0.15, -0.1) is 10.2 Å². The van der Waals surface area contributed by atoms with Crippen molar-refractivity contribution in [2.24, 2.45) is 0 Å². The van der Waals surface area contributed by atoms with Crippen LogP contribution in [0.3, 0.4) is 0 Å². The summed E-state index contributed by atoms with van der Waals surface area (Å²) < 4.78 is 34.3. The van der Waals surface area contributed by atoms with Crippen LogP contribution in [0.5, 0.6) is 5.75 Å². The van der Waals surface area contributed by atoms with Crippen molar-refractivity contribution < 1.29 is 17.9 Å². The summed E-state index contributed by atoms with van der Waals surface area (Å²) in [5, 5.41) is 11.6. The van der Waals surface area contributed by atoms with Gasteiger partial charge in [0.25, 0.3) is 16.0 Å². The normalized spacial score (nSPS) is 13.7. The highest BCUT2D eigenvalue weighted by molar-refractivity contribution is 8.00. The molecule has 0 radical (unpaired) electrons. The first-order valence-corrected chi connectivity index (χ1v) is 14.2. The number of thiazole rings is 1. The van der Waals surface area contributed by atoms with Crippen LogP contribution >= 0.6 is 23.1 Å². The zero-order valence-electron chi connectivity index (χ0n) is 19.2. The van der Waals surface area contributed by atoms with Crippen molar-refractivity contribution >= 4 is 71.7 Å². The number of rotatable bonds is 6. The van der Waals surface area contributed by atoms with Gasteiger partial charge in [0, 0.05) is 5.69 Å². The van der Waals surface area contributed by atoms with Crippen LogP contribution < -0.4 is 15.0 Å². The molecule has 0 atom stereocenters. The summed E-state index contributed by atoms with van der Waals surface area (Å²) in [4.78, 5) is 19.0. The Kier molecular flexibility index (Phi) is 5.82. The monoisotopic (exact) mass is 550 g/mol. The molecule has 1 aliphatic heterocycles. The first-order valence-electron chi connectivity index (χ1n) is 11.0. The number of carbonyl (C=O) groups is 1. The van der Waals surface area contributed by atoms with E-state index in [2.05, 4.69) is 20.5 Å². The molecular formula is C24H18N6O4S3. The van der Waals surface area contributed by atoms with Gasteiger partial charge in [-0.05, 0) is 42.5 Å². The maximum atomic E-state index is 13.6. The Bertz CT molecular complexity index is 1750. The average Bonchev–Trinajstić information content (AvgIpc) is 3.52. The molecule has 5 aromatic rings. The first-order chi connectivity index (χ1) is 18.0. The van der Waals surface area contributed by atoms with E-state index in [0.29, 0.717) is 16.6 Å². The summed E-state index contributed by atoms with van der Waals surface area (Å²) in [6, 6.07) is 21.5. The van der Waals surface area contributed by atoms with Crippen molar-refractivity contribution in [2.75, 3.05) is 23.1 Å². The molecule has 1 amide bonds. The Labute approximate surface area is 220 Å². The molecule has 3 heterocycles. The van der Waals surface area contributed by atoms with Gasteiger partial charge in [-0.3, -0.25) is 9.69 Å². The van der Waals surface area contributed by atoms with Crippen LogP contribution in [0.15, 0.2) is 82.8 Å². The SMILES string of the molecule is COc1ccc2nc(NC(=O)CSc3nnc4n3S(=O)(=O)c3ccccc3N4c3ccccc3)sc2c1. The van der Waals surface area contributed by atoms with E-state index in [-0.39, 0.29) is 27.7 Å². The number of fused-ring (bicyclic) bond motifs is 3. The van der Waals surface area contributed by atoms with E-state index in [4.69, 9.17) is 4.74 Å². The van der Waals surface area contributed by atoms with Crippen LogP contribution in [0.1, 0.15) is 0 Å². The zero-order chi connectivity index (χ0) is 25.6.